The van der Waals surface area contributed by atoms with E-state index in [1.807, 2.05) is 34.6 Å². The number of thiocarbonyl (C=S) groups is 1. The molecule has 2 heteroatoms. The highest BCUT2D eigenvalue weighted by Gasteiger charge is 1.24. The molecule has 0 aromatic heterocycles. The number of rotatable bonds is 0. The minimum atomic E-state index is 0. The molecule has 0 aliphatic heterocycles. The van der Waals surface area contributed by atoms with Crippen LogP contribution in [0.3, 0.4) is 0 Å². The average molecular weight is 172 g/mol. The maximum absolute atomic E-state index is 8.81. The Hall–Kier alpha value is -0.240. The zero-order valence-corrected chi connectivity index (χ0v) is 8.79. The first-order chi connectivity index (χ1) is 4.83. The molecule has 0 radical (unpaired) electrons. The molecular weight excluding hydrogens is 144 g/mol. The zero-order chi connectivity index (χ0) is 9.41. The van der Waals surface area contributed by atoms with E-state index >= 15 is 0 Å². The van der Waals surface area contributed by atoms with Crippen molar-refractivity contribution in [2.75, 3.05) is 0 Å². The van der Waals surface area contributed by atoms with E-state index < -0.39 is 0 Å². The van der Waals surface area contributed by atoms with Crippen LogP contribution in [0.5, 0.6) is 0 Å². The van der Waals surface area contributed by atoms with E-state index in [1.54, 1.807) is 5.37 Å². The van der Waals surface area contributed by atoms with Crippen LogP contribution >= 0.6 is 12.2 Å². The molecule has 0 rings (SSSR count). The number of hydrogen-bond donors (Lipinski definition) is 0. The van der Waals surface area contributed by atoms with Gasteiger partial charge in [-0.25, -0.2) is 0 Å². The second kappa shape index (κ2) is 170. The van der Waals surface area contributed by atoms with Crippen molar-refractivity contribution in [1.29, 1.82) is 0 Å². The van der Waals surface area contributed by atoms with Crippen molar-refractivity contribution in [1.82, 2.24) is 0 Å². The number of carbonyl (C=O) groups is 1. The second-order valence-electron chi connectivity index (χ2n) is 0.471. The molecular formula is C8H24OS. The van der Waals surface area contributed by atoms with Gasteiger partial charge in [0.05, 0.1) is 0 Å². The number of carbonyl (C=O) groups excluding carboxylic acids is 1. The highest BCUT2D eigenvalue weighted by atomic mass is 32.1. The molecule has 0 aliphatic rings. The van der Waals surface area contributed by atoms with Gasteiger partial charge in [-0.05, 0) is 19.2 Å². The Morgan fingerprint density at radius 3 is 1.10 bits per heavy atom. The summed E-state index contributed by atoms with van der Waals surface area (Å²) in [4.78, 5) is 8.81. The molecule has 0 N–H and O–H groups in total. The normalized spacial score (nSPS) is 3.80. The van der Waals surface area contributed by atoms with E-state index in [0.717, 1.165) is 6.29 Å². The van der Waals surface area contributed by atoms with Crippen LogP contribution < -0.4 is 0 Å². The minimum Gasteiger partial charge on any atom is -0.304 e. The summed E-state index contributed by atoms with van der Waals surface area (Å²) in [7, 11) is 0. The summed E-state index contributed by atoms with van der Waals surface area (Å²) in [6.45, 7) is 11.3. The molecule has 0 unspecified atom stereocenters. The first-order valence-corrected chi connectivity index (χ1v) is 4.10. The molecule has 0 amide bonds. The summed E-state index contributed by atoms with van der Waals surface area (Å²) in [5.74, 6) is 0. The maximum atomic E-state index is 8.81. The topological polar surface area (TPSA) is 17.1 Å². The van der Waals surface area contributed by atoms with Crippen LogP contribution in [0.1, 0.15) is 44.4 Å². The highest BCUT2D eigenvalue weighted by Crippen LogP contribution is 1.32. The molecule has 68 valence electrons. The summed E-state index contributed by atoms with van der Waals surface area (Å²) in [5, 5.41) is 1.58. The SMILES string of the molecule is CC.CC.CC=O.CC=S.[3HH].[3HH]. The van der Waals surface area contributed by atoms with Gasteiger partial charge < -0.3 is 4.79 Å². The van der Waals surface area contributed by atoms with Gasteiger partial charge in [-0.2, -0.15) is 0 Å². The minimum absolute atomic E-state index is 0. The molecule has 0 aromatic rings. The molecule has 10 heavy (non-hydrogen) atoms. The van der Waals surface area contributed by atoms with Gasteiger partial charge in [0.1, 0.15) is 6.29 Å². The lowest BCUT2D eigenvalue weighted by Crippen LogP contribution is -1.36. The lowest BCUT2D eigenvalue weighted by atomic mass is 11.0. The number of hydrogen-bond acceptors (Lipinski definition) is 2. The third kappa shape index (κ3) is 6160. The standard InChI is InChI=1S/C2H4O.C2H4S.2C2H6.2H2/c2*1-2-3;2*1-2;;/h2*2H,1H3;2*1-2H3;2*1H/i;;;;2*1+2. The summed E-state index contributed by atoms with van der Waals surface area (Å²) in [6, 6.07) is 0. The third-order valence-electron chi connectivity index (χ3n) is 0. The average Bonchev–Trinajstić information content (AvgIpc) is 1.99. The molecule has 0 atom stereocenters. The quantitative estimate of drug-likeness (QED) is 0.409. The van der Waals surface area contributed by atoms with Gasteiger partial charge in [0.15, 0.2) is 0 Å². The van der Waals surface area contributed by atoms with Crippen molar-refractivity contribution in [2.24, 2.45) is 0 Å². The van der Waals surface area contributed by atoms with Crippen LogP contribution in [-0.2, 0) is 4.79 Å². The first-order valence-electron chi connectivity index (χ1n) is 3.63. The summed E-state index contributed by atoms with van der Waals surface area (Å²) >= 11 is 4.27. The van der Waals surface area contributed by atoms with E-state index in [1.165, 1.54) is 6.92 Å². The van der Waals surface area contributed by atoms with E-state index in [9.17, 15) is 0 Å². The summed E-state index contributed by atoms with van der Waals surface area (Å²) in [6.07, 6.45) is 0.750. The van der Waals surface area contributed by atoms with Gasteiger partial charge >= 0.3 is 0 Å². The monoisotopic (exact) mass is 172 g/mol. The Morgan fingerprint density at radius 1 is 1.10 bits per heavy atom. The van der Waals surface area contributed by atoms with Crippen LogP contribution in [-0.4, -0.2) is 11.7 Å². The van der Waals surface area contributed by atoms with Gasteiger partial charge in [-0.1, -0.05) is 39.9 Å². The molecule has 0 spiro atoms. The van der Waals surface area contributed by atoms with Gasteiger partial charge in [0.25, 0.3) is 0 Å². The highest BCUT2D eigenvalue weighted by molar-refractivity contribution is 7.78. The van der Waals surface area contributed by atoms with Crippen LogP contribution in [0.4, 0.5) is 0 Å². The smallest absolute Gasteiger partial charge is 0.116 e. The molecule has 0 saturated carbocycles. The predicted molar refractivity (Wildman–Crippen MR) is 58.0 cm³/mol. The Labute approximate surface area is 73.8 Å². The van der Waals surface area contributed by atoms with Crippen molar-refractivity contribution < 1.29 is 7.65 Å². The fourth-order valence-electron chi connectivity index (χ4n) is 0. The molecule has 0 fully saturated rings. The van der Waals surface area contributed by atoms with Crippen molar-refractivity contribution in [3.8, 4) is 0 Å². The van der Waals surface area contributed by atoms with E-state index in [4.69, 9.17) is 4.79 Å². The Balaban J connectivity index is -0.00000000967. The van der Waals surface area contributed by atoms with Crippen LogP contribution in [0.25, 0.3) is 0 Å². The Bertz CT molecular complexity index is 38.0. The van der Waals surface area contributed by atoms with E-state index in [0.29, 0.717) is 0 Å². The fraction of sp³-hybridized carbons (Fsp3) is 0.750. The Morgan fingerprint density at radius 2 is 1.10 bits per heavy atom. The van der Waals surface area contributed by atoms with Crippen molar-refractivity contribution >= 4 is 23.9 Å². The van der Waals surface area contributed by atoms with Crippen molar-refractivity contribution in [3.63, 3.8) is 0 Å². The largest absolute Gasteiger partial charge is 0.304 e. The second-order valence-corrected chi connectivity index (χ2v) is 0.943. The lowest BCUT2D eigenvalue weighted by molar-refractivity contribution is -0.106. The van der Waals surface area contributed by atoms with E-state index in [2.05, 4.69) is 12.2 Å². The van der Waals surface area contributed by atoms with Crippen molar-refractivity contribution in [3.05, 3.63) is 0 Å². The predicted octanol–water partition coefficient (Wildman–Crippen LogP) is 3.76. The molecule has 0 saturated heterocycles. The third-order valence-corrected chi connectivity index (χ3v) is 0. The van der Waals surface area contributed by atoms with Crippen LogP contribution in [0.15, 0.2) is 0 Å². The van der Waals surface area contributed by atoms with Gasteiger partial charge in [-0.3, -0.25) is 0 Å². The molecule has 1 nitrogen and oxygen atoms in total. The molecule has 0 bridgehead atoms. The zero-order valence-electron chi connectivity index (χ0n) is 7.97. The maximum Gasteiger partial charge on any atom is 0.116 e. The molecule has 0 aliphatic carbocycles. The van der Waals surface area contributed by atoms with Crippen LogP contribution in [0.2, 0.25) is 0 Å². The van der Waals surface area contributed by atoms with E-state index in [-0.39, 0.29) is 2.85 Å². The van der Waals surface area contributed by atoms with Crippen LogP contribution in [0, 0.1) is 0 Å². The molecule has 0 aromatic carbocycles. The lowest BCUT2D eigenvalue weighted by Gasteiger charge is -1.26. The summed E-state index contributed by atoms with van der Waals surface area (Å²) in [5.41, 5.74) is 0. The van der Waals surface area contributed by atoms with Crippen molar-refractivity contribution in [2.45, 2.75) is 41.5 Å². The first kappa shape index (κ1) is 22.6. The molecule has 0 heterocycles. The van der Waals surface area contributed by atoms with Gasteiger partial charge in [0, 0.05) is 2.85 Å². The Kier molecular flexibility index (Phi) is 384. The van der Waals surface area contributed by atoms with Gasteiger partial charge in [-0.15, -0.1) is 0 Å². The van der Waals surface area contributed by atoms with Gasteiger partial charge in [0.2, 0.25) is 0 Å². The number of aldehydes is 1. The summed E-state index contributed by atoms with van der Waals surface area (Å²) < 4.78 is 0. The fourth-order valence-corrected chi connectivity index (χ4v) is 0.